The summed E-state index contributed by atoms with van der Waals surface area (Å²) in [6, 6.07) is 0. The number of hydrogen-bond acceptors (Lipinski definition) is 3. The summed E-state index contributed by atoms with van der Waals surface area (Å²) in [5.41, 5.74) is 0. The van der Waals surface area contributed by atoms with Crippen LogP contribution in [-0.4, -0.2) is 16.4 Å². The number of nitrogens with zero attached hydrogens (tertiary/aromatic N) is 2. The van der Waals surface area contributed by atoms with Gasteiger partial charge in [-0.2, -0.15) is 13.2 Å². The number of halogens is 4. The van der Waals surface area contributed by atoms with Crippen molar-refractivity contribution in [3.63, 3.8) is 0 Å². The first-order valence-corrected chi connectivity index (χ1v) is 4.35. The number of alkyl halides is 4. The van der Waals surface area contributed by atoms with Gasteiger partial charge in [0.15, 0.2) is 0 Å². The molecule has 0 bridgehead atoms. The van der Waals surface area contributed by atoms with E-state index < -0.39 is 18.0 Å². The molecular formula is C7H8ClF3N2O. The van der Waals surface area contributed by atoms with Gasteiger partial charge in [0.05, 0.1) is 6.42 Å². The molecule has 7 heteroatoms. The predicted octanol–water partition coefficient (Wildman–Crippen LogP) is 2.86. The SMILES string of the molecule is CC(Cl)c1nnc(CCC(F)(F)F)o1. The van der Waals surface area contributed by atoms with E-state index in [0.717, 1.165) is 0 Å². The van der Waals surface area contributed by atoms with Gasteiger partial charge < -0.3 is 4.42 Å². The Morgan fingerprint density at radius 1 is 1.43 bits per heavy atom. The molecule has 0 fully saturated rings. The molecule has 80 valence electrons. The van der Waals surface area contributed by atoms with Crippen LogP contribution in [0.1, 0.15) is 30.5 Å². The van der Waals surface area contributed by atoms with Crippen molar-refractivity contribution in [2.45, 2.75) is 31.3 Å². The van der Waals surface area contributed by atoms with Crippen LogP contribution < -0.4 is 0 Å². The fraction of sp³-hybridized carbons (Fsp3) is 0.714. The molecule has 0 aliphatic carbocycles. The van der Waals surface area contributed by atoms with E-state index in [4.69, 9.17) is 16.0 Å². The Balaban J connectivity index is 2.52. The first-order chi connectivity index (χ1) is 6.38. The van der Waals surface area contributed by atoms with Crippen LogP contribution in [0.5, 0.6) is 0 Å². The number of aryl methyl sites for hydroxylation is 1. The highest BCUT2D eigenvalue weighted by Crippen LogP contribution is 2.23. The highest BCUT2D eigenvalue weighted by Gasteiger charge is 2.27. The van der Waals surface area contributed by atoms with Crippen LogP contribution in [-0.2, 0) is 6.42 Å². The molecule has 0 aromatic carbocycles. The number of rotatable bonds is 3. The molecule has 0 radical (unpaired) electrons. The Bertz CT molecular complexity index is 297. The van der Waals surface area contributed by atoms with Gasteiger partial charge in [-0.3, -0.25) is 0 Å². The van der Waals surface area contributed by atoms with Crippen molar-refractivity contribution in [1.82, 2.24) is 10.2 Å². The standard InChI is InChI=1S/C7H8ClF3N2O/c1-4(8)6-13-12-5(14-6)2-3-7(9,10)11/h4H,2-3H2,1H3. The third kappa shape index (κ3) is 3.53. The molecule has 1 heterocycles. The van der Waals surface area contributed by atoms with Crippen LogP contribution >= 0.6 is 11.6 Å². The summed E-state index contributed by atoms with van der Waals surface area (Å²) in [7, 11) is 0. The fourth-order valence-corrected chi connectivity index (χ4v) is 0.865. The van der Waals surface area contributed by atoms with Crippen molar-refractivity contribution in [3.05, 3.63) is 11.8 Å². The molecule has 0 spiro atoms. The summed E-state index contributed by atoms with van der Waals surface area (Å²) < 4.78 is 40.3. The average molecular weight is 229 g/mol. The van der Waals surface area contributed by atoms with Gasteiger partial charge in [0.25, 0.3) is 0 Å². The lowest BCUT2D eigenvalue weighted by atomic mass is 10.3. The predicted molar refractivity (Wildman–Crippen MR) is 42.9 cm³/mol. The second-order valence-electron chi connectivity index (χ2n) is 2.77. The molecule has 0 aliphatic heterocycles. The highest BCUT2D eigenvalue weighted by molar-refractivity contribution is 6.20. The minimum absolute atomic E-state index is 0.0372. The maximum Gasteiger partial charge on any atom is 0.389 e. The molecule has 3 nitrogen and oxygen atoms in total. The number of hydrogen-bond donors (Lipinski definition) is 0. The monoisotopic (exact) mass is 228 g/mol. The highest BCUT2D eigenvalue weighted by atomic mass is 35.5. The van der Waals surface area contributed by atoms with E-state index in [9.17, 15) is 13.2 Å². The Kier molecular flexibility index (Phi) is 3.36. The average Bonchev–Trinajstić information content (AvgIpc) is 2.47. The smallest absolute Gasteiger partial charge is 0.389 e. The topological polar surface area (TPSA) is 38.9 Å². The summed E-state index contributed by atoms with van der Waals surface area (Å²) in [6.45, 7) is 1.60. The van der Waals surface area contributed by atoms with Crippen molar-refractivity contribution in [1.29, 1.82) is 0 Å². The van der Waals surface area contributed by atoms with Crippen molar-refractivity contribution >= 4 is 11.6 Å². The van der Waals surface area contributed by atoms with Gasteiger partial charge in [0, 0.05) is 6.42 Å². The van der Waals surface area contributed by atoms with Gasteiger partial charge in [-0.15, -0.1) is 21.8 Å². The summed E-state index contributed by atoms with van der Waals surface area (Å²) in [5, 5.41) is 6.46. The molecule has 1 unspecified atom stereocenters. The minimum atomic E-state index is -4.21. The first kappa shape index (κ1) is 11.3. The van der Waals surface area contributed by atoms with Crippen molar-refractivity contribution in [3.8, 4) is 0 Å². The summed E-state index contributed by atoms with van der Waals surface area (Å²) in [6.07, 6.45) is -5.48. The van der Waals surface area contributed by atoms with E-state index in [1.807, 2.05) is 0 Å². The van der Waals surface area contributed by atoms with Crippen LogP contribution in [0.15, 0.2) is 4.42 Å². The summed E-state index contributed by atoms with van der Waals surface area (Å²) in [5.74, 6) is 0.105. The maximum absolute atomic E-state index is 11.8. The number of aromatic nitrogens is 2. The molecule has 0 amide bonds. The summed E-state index contributed by atoms with van der Waals surface area (Å²) in [4.78, 5) is 0. The Hall–Kier alpha value is -0.780. The Labute approximate surface area is 83.3 Å². The van der Waals surface area contributed by atoms with Crippen molar-refractivity contribution in [2.75, 3.05) is 0 Å². The first-order valence-electron chi connectivity index (χ1n) is 3.91. The largest absolute Gasteiger partial charge is 0.424 e. The van der Waals surface area contributed by atoms with E-state index in [0.29, 0.717) is 0 Å². The second-order valence-corrected chi connectivity index (χ2v) is 3.42. The molecule has 1 aromatic heterocycles. The van der Waals surface area contributed by atoms with Crippen LogP contribution in [0.4, 0.5) is 13.2 Å². The van der Waals surface area contributed by atoms with Crippen LogP contribution in [0.2, 0.25) is 0 Å². The van der Waals surface area contributed by atoms with E-state index in [1.54, 1.807) is 6.92 Å². The molecule has 1 atom stereocenters. The third-order valence-electron chi connectivity index (χ3n) is 1.45. The van der Waals surface area contributed by atoms with Crippen molar-refractivity contribution in [2.24, 2.45) is 0 Å². The van der Waals surface area contributed by atoms with Gasteiger partial charge in [-0.1, -0.05) is 0 Å². The third-order valence-corrected chi connectivity index (χ3v) is 1.63. The van der Waals surface area contributed by atoms with Crippen LogP contribution in [0.3, 0.4) is 0 Å². The molecule has 14 heavy (non-hydrogen) atoms. The lowest BCUT2D eigenvalue weighted by Crippen LogP contribution is -2.08. The quantitative estimate of drug-likeness (QED) is 0.747. The summed E-state index contributed by atoms with van der Waals surface area (Å²) >= 11 is 5.59. The lowest BCUT2D eigenvalue weighted by molar-refractivity contribution is -0.134. The zero-order valence-corrected chi connectivity index (χ0v) is 8.06. The zero-order valence-electron chi connectivity index (χ0n) is 7.31. The zero-order chi connectivity index (χ0) is 10.8. The van der Waals surface area contributed by atoms with Crippen LogP contribution in [0, 0.1) is 0 Å². The molecule has 0 aliphatic rings. The van der Waals surface area contributed by atoms with E-state index in [-0.39, 0.29) is 18.2 Å². The Morgan fingerprint density at radius 3 is 2.50 bits per heavy atom. The van der Waals surface area contributed by atoms with Gasteiger partial charge in [0.1, 0.15) is 5.38 Å². The molecule has 1 rings (SSSR count). The normalized spacial score (nSPS) is 14.4. The van der Waals surface area contributed by atoms with E-state index in [1.165, 1.54) is 0 Å². The molecule has 0 saturated carbocycles. The maximum atomic E-state index is 11.8. The molecule has 1 aromatic rings. The van der Waals surface area contributed by atoms with Crippen molar-refractivity contribution < 1.29 is 17.6 Å². The van der Waals surface area contributed by atoms with Crippen LogP contribution in [0.25, 0.3) is 0 Å². The van der Waals surface area contributed by atoms with Gasteiger partial charge in [0.2, 0.25) is 11.8 Å². The Morgan fingerprint density at radius 2 is 2.07 bits per heavy atom. The lowest BCUT2D eigenvalue weighted by Gasteiger charge is -2.02. The molecule has 0 saturated heterocycles. The second kappa shape index (κ2) is 4.16. The van der Waals surface area contributed by atoms with E-state index in [2.05, 4.69) is 10.2 Å². The van der Waals surface area contributed by atoms with Gasteiger partial charge >= 0.3 is 6.18 Å². The fourth-order valence-electron chi connectivity index (χ4n) is 0.777. The molecular weight excluding hydrogens is 221 g/mol. The van der Waals surface area contributed by atoms with E-state index >= 15 is 0 Å². The van der Waals surface area contributed by atoms with Gasteiger partial charge in [-0.05, 0) is 6.92 Å². The van der Waals surface area contributed by atoms with Gasteiger partial charge in [-0.25, -0.2) is 0 Å². The molecule has 0 N–H and O–H groups in total. The minimum Gasteiger partial charge on any atom is -0.424 e.